The summed E-state index contributed by atoms with van der Waals surface area (Å²) >= 11 is 3.40. The van der Waals surface area contributed by atoms with Crippen molar-refractivity contribution in [3.8, 4) is 5.75 Å². The van der Waals surface area contributed by atoms with Crippen LogP contribution in [0.5, 0.6) is 5.75 Å². The Labute approximate surface area is 96.9 Å². The summed E-state index contributed by atoms with van der Waals surface area (Å²) in [6.45, 7) is 2.39. The van der Waals surface area contributed by atoms with Crippen molar-refractivity contribution in [2.24, 2.45) is 10.9 Å². The van der Waals surface area contributed by atoms with Crippen LogP contribution < -0.4 is 10.5 Å². The highest BCUT2D eigenvalue weighted by molar-refractivity contribution is 9.10. The third kappa shape index (κ3) is 3.79. The Morgan fingerprint density at radius 1 is 1.60 bits per heavy atom. The first kappa shape index (κ1) is 11.8. The van der Waals surface area contributed by atoms with Gasteiger partial charge in [-0.25, -0.2) is 0 Å². The number of hydrogen-bond acceptors (Lipinski definition) is 3. The fraction of sp³-hybridized carbons (Fsp3) is 0.300. The van der Waals surface area contributed by atoms with Crippen LogP contribution in [-0.4, -0.2) is 17.6 Å². The monoisotopic (exact) mass is 272 g/mol. The summed E-state index contributed by atoms with van der Waals surface area (Å²) < 4.78 is 6.35. The molecule has 3 N–H and O–H groups in total. The number of benzene rings is 1. The number of aryl methyl sites for hydroxylation is 1. The van der Waals surface area contributed by atoms with Gasteiger partial charge in [-0.2, -0.15) is 0 Å². The minimum atomic E-state index is 0.165. The van der Waals surface area contributed by atoms with Gasteiger partial charge in [0.05, 0.1) is 11.1 Å². The van der Waals surface area contributed by atoms with E-state index in [0.29, 0.717) is 13.0 Å². The minimum Gasteiger partial charge on any atom is -0.492 e. The summed E-state index contributed by atoms with van der Waals surface area (Å²) in [6, 6.07) is 5.81. The fourth-order valence-corrected chi connectivity index (χ4v) is 1.65. The van der Waals surface area contributed by atoms with Crippen molar-refractivity contribution in [1.29, 1.82) is 0 Å². The average molecular weight is 273 g/mol. The quantitative estimate of drug-likeness (QED) is 0.382. The Balaban J connectivity index is 2.51. The zero-order chi connectivity index (χ0) is 11.3. The zero-order valence-corrected chi connectivity index (χ0v) is 9.99. The number of hydrogen-bond donors (Lipinski definition) is 2. The van der Waals surface area contributed by atoms with Crippen molar-refractivity contribution in [3.63, 3.8) is 0 Å². The van der Waals surface area contributed by atoms with Gasteiger partial charge >= 0.3 is 0 Å². The molecule has 0 atom stereocenters. The van der Waals surface area contributed by atoms with Crippen LogP contribution in [0.2, 0.25) is 0 Å². The molecule has 0 spiro atoms. The van der Waals surface area contributed by atoms with E-state index in [0.717, 1.165) is 15.8 Å². The van der Waals surface area contributed by atoms with Gasteiger partial charge in [0.2, 0.25) is 0 Å². The van der Waals surface area contributed by atoms with Crippen molar-refractivity contribution in [2.45, 2.75) is 13.3 Å². The maximum atomic E-state index is 8.32. The first-order valence-corrected chi connectivity index (χ1v) is 5.28. The number of amidine groups is 1. The van der Waals surface area contributed by atoms with Gasteiger partial charge in [-0.1, -0.05) is 11.2 Å². The molecule has 0 aliphatic heterocycles. The second-order valence-electron chi connectivity index (χ2n) is 3.12. The summed E-state index contributed by atoms with van der Waals surface area (Å²) in [7, 11) is 0. The first-order valence-electron chi connectivity index (χ1n) is 4.49. The molecule has 5 heteroatoms. The topological polar surface area (TPSA) is 67.8 Å². The number of halogens is 1. The van der Waals surface area contributed by atoms with Gasteiger partial charge in [-0.3, -0.25) is 0 Å². The van der Waals surface area contributed by atoms with Crippen LogP contribution in [0.4, 0.5) is 0 Å². The summed E-state index contributed by atoms with van der Waals surface area (Å²) in [5, 5.41) is 11.2. The van der Waals surface area contributed by atoms with E-state index in [2.05, 4.69) is 21.1 Å². The molecular formula is C10H13BrN2O2. The molecule has 0 saturated heterocycles. The van der Waals surface area contributed by atoms with Crippen LogP contribution in [0.1, 0.15) is 12.0 Å². The molecule has 82 valence electrons. The van der Waals surface area contributed by atoms with Crippen molar-refractivity contribution in [3.05, 3.63) is 28.2 Å². The van der Waals surface area contributed by atoms with Gasteiger partial charge < -0.3 is 15.7 Å². The standard InChI is InChI=1S/C10H13BrN2O2/c1-7-2-3-9(8(11)6-7)15-5-4-10(12)13-14/h2-3,6,14H,4-5H2,1H3,(H2,12,13). The Hall–Kier alpha value is -1.23. The van der Waals surface area contributed by atoms with Crippen LogP contribution in [0.25, 0.3) is 0 Å². The van der Waals surface area contributed by atoms with E-state index >= 15 is 0 Å². The van der Waals surface area contributed by atoms with Crippen molar-refractivity contribution in [1.82, 2.24) is 0 Å². The average Bonchev–Trinajstić information content (AvgIpc) is 2.21. The first-order chi connectivity index (χ1) is 7.13. The van der Waals surface area contributed by atoms with Crippen molar-refractivity contribution < 1.29 is 9.94 Å². The van der Waals surface area contributed by atoms with Gasteiger partial charge in [0, 0.05) is 6.42 Å². The summed E-state index contributed by atoms with van der Waals surface area (Å²) in [5.74, 6) is 0.921. The lowest BCUT2D eigenvalue weighted by Crippen LogP contribution is -2.15. The highest BCUT2D eigenvalue weighted by Gasteiger charge is 2.01. The maximum Gasteiger partial charge on any atom is 0.142 e. The SMILES string of the molecule is Cc1ccc(OCC/C(N)=N/O)c(Br)c1. The largest absolute Gasteiger partial charge is 0.492 e. The smallest absolute Gasteiger partial charge is 0.142 e. The highest BCUT2D eigenvalue weighted by Crippen LogP contribution is 2.25. The Kier molecular flexibility index (Phi) is 4.42. The van der Waals surface area contributed by atoms with Gasteiger partial charge in [0.15, 0.2) is 0 Å². The molecule has 0 aliphatic carbocycles. The van der Waals surface area contributed by atoms with E-state index in [4.69, 9.17) is 15.7 Å². The van der Waals surface area contributed by atoms with E-state index in [9.17, 15) is 0 Å². The van der Waals surface area contributed by atoms with Gasteiger partial charge in [0.1, 0.15) is 11.6 Å². The molecule has 0 radical (unpaired) electrons. The lowest BCUT2D eigenvalue weighted by Gasteiger charge is -2.07. The number of ether oxygens (including phenoxy) is 1. The number of nitrogens with two attached hydrogens (primary N) is 1. The molecule has 0 aliphatic rings. The third-order valence-corrected chi connectivity index (χ3v) is 2.45. The molecule has 0 fully saturated rings. The Morgan fingerprint density at radius 3 is 2.93 bits per heavy atom. The molecule has 4 nitrogen and oxygen atoms in total. The van der Waals surface area contributed by atoms with Crippen molar-refractivity contribution >= 4 is 21.8 Å². The predicted octanol–water partition coefficient (Wildman–Crippen LogP) is 2.27. The molecule has 15 heavy (non-hydrogen) atoms. The number of nitrogens with zero attached hydrogens (tertiary/aromatic N) is 1. The summed E-state index contributed by atoms with van der Waals surface area (Å²) in [5.41, 5.74) is 6.47. The molecule has 0 aromatic heterocycles. The van der Waals surface area contributed by atoms with Crippen LogP contribution in [-0.2, 0) is 0 Å². The number of rotatable bonds is 4. The molecule has 0 heterocycles. The molecule has 0 amide bonds. The second-order valence-corrected chi connectivity index (χ2v) is 3.98. The number of oxime groups is 1. The van der Waals surface area contributed by atoms with Gasteiger partial charge in [-0.15, -0.1) is 0 Å². The van der Waals surface area contributed by atoms with E-state index in [1.54, 1.807) is 0 Å². The molecule has 1 rings (SSSR count). The summed E-state index contributed by atoms with van der Waals surface area (Å²) in [4.78, 5) is 0. The maximum absolute atomic E-state index is 8.32. The van der Waals surface area contributed by atoms with Crippen LogP contribution in [0, 0.1) is 6.92 Å². The van der Waals surface area contributed by atoms with E-state index < -0.39 is 0 Å². The Bertz CT molecular complexity index is 366. The fourth-order valence-electron chi connectivity index (χ4n) is 1.04. The molecule has 0 unspecified atom stereocenters. The lowest BCUT2D eigenvalue weighted by atomic mass is 10.2. The van der Waals surface area contributed by atoms with Crippen LogP contribution >= 0.6 is 15.9 Å². The molecule has 1 aromatic rings. The lowest BCUT2D eigenvalue weighted by molar-refractivity contribution is 0.305. The molecule has 0 bridgehead atoms. The molecule has 0 saturated carbocycles. The van der Waals surface area contributed by atoms with E-state index in [1.165, 1.54) is 0 Å². The van der Waals surface area contributed by atoms with Gasteiger partial charge in [-0.05, 0) is 40.5 Å². The van der Waals surface area contributed by atoms with Crippen LogP contribution in [0.15, 0.2) is 27.8 Å². The van der Waals surface area contributed by atoms with Crippen LogP contribution in [0.3, 0.4) is 0 Å². The molecular weight excluding hydrogens is 260 g/mol. The molecule has 1 aromatic carbocycles. The van der Waals surface area contributed by atoms with Gasteiger partial charge in [0.25, 0.3) is 0 Å². The Morgan fingerprint density at radius 2 is 2.33 bits per heavy atom. The normalized spacial score (nSPS) is 11.5. The van der Waals surface area contributed by atoms with E-state index in [-0.39, 0.29) is 5.84 Å². The predicted molar refractivity (Wildman–Crippen MR) is 62.4 cm³/mol. The summed E-state index contributed by atoms with van der Waals surface area (Å²) in [6.07, 6.45) is 0.400. The van der Waals surface area contributed by atoms with E-state index in [1.807, 2.05) is 25.1 Å². The second kappa shape index (κ2) is 5.60. The minimum absolute atomic E-state index is 0.165. The highest BCUT2D eigenvalue weighted by atomic mass is 79.9. The van der Waals surface area contributed by atoms with Crippen molar-refractivity contribution in [2.75, 3.05) is 6.61 Å². The third-order valence-electron chi connectivity index (χ3n) is 1.83. The zero-order valence-electron chi connectivity index (χ0n) is 8.40.